The number of rotatable bonds is 1. The molecule has 2 aliphatic carbocycles. The van der Waals surface area contributed by atoms with E-state index in [1.807, 2.05) is 0 Å². The van der Waals surface area contributed by atoms with E-state index in [2.05, 4.69) is 34.3 Å². The zero-order chi connectivity index (χ0) is 19.8. The molecule has 27 heavy (non-hydrogen) atoms. The van der Waals surface area contributed by atoms with E-state index in [0.717, 1.165) is 19.3 Å². The van der Waals surface area contributed by atoms with Gasteiger partial charge in [-0.1, -0.05) is 20.4 Å². The summed E-state index contributed by atoms with van der Waals surface area (Å²) in [7, 11) is 0. The second-order valence-electron chi connectivity index (χ2n) is 10.1. The zero-order valence-electron chi connectivity index (χ0n) is 17.2. The van der Waals surface area contributed by atoms with E-state index in [1.54, 1.807) is 0 Å². The van der Waals surface area contributed by atoms with Gasteiger partial charge in [0.25, 0.3) is 0 Å². The lowest BCUT2D eigenvalue weighted by molar-refractivity contribution is -0.155. The van der Waals surface area contributed by atoms with Crippen molar-refractivity contribution in [1.29, 1.82) is 0 Å². The molecule has 2 aliphatic heterocycles. The average molecular weight is 376 g/mol. The van der Waals surface area contributed by atoms with Gasteiger partial charge in [0.2, 0.25) is 0 Å². The Bertz CT molecular complexity index is 697. The zero-order valence-corrected chi connectivity index (χ0v) is 17.2. The Balaban J connectivity index is 1.72. The second kappa shape index (κ2) is 5.90. The minimum absolute atomic E-state index is 0.0928. The molecular weight excluding hydrogens is 344 g/mol. The number of epoxide rings is 2. The summed E-state index contributed by atoms with van der Waals surface area (Å²) in [4.78, 5) is 24.7. The van der Waals surface area contributed by atoms with E-state index in [1.165, 1.54) is 6.92 Å². The number of Topliss-reactive ketones (excluding diaryl/α,β-unsaturated/α-hetero) is 1. The van der Waals surface area contributed by atoms with Crippen LogP contribution in [0.1, 0.15) is 66.7 Å². The van der Waals surface area contributed by atoms with Crippen LogP contribution in [-0.2, 0) is 23.8 Å². The molecule has 5 nitrogen and oxygen atoms in total. The summed E-state index contributed by atoms with van der Waals surface area (Å²) in [5, 5.41) is 0. The van der Waals surface area contributed by atoms with Gasteiger partial charge in [0.15, 0.2) is 5.78 Å². The molecule has 0 amide bonds. The highest BCUT2D eigenvalue weighted by Crippen LogP contribution is 2.57. The first kappa shape index (κ1) is 19.1. The number of hydrogen-bond donors (Lipinski definition) is 0. The fourth-order valence-electron chi connectivity index (χ4n) is 5.74. The molecule has 2 saturated heterocycles. The molecule has 0 spiro atoms. The number of carbonyl (C=O) groups is 2. The highest BCUT2D eigenvalue weighted by atomic mass is 16.6. The SMILES string of the molecule is C=C1C(=O)C[C@H]2C[C@H]3O[C@@]3(C)CC[C@H]3O[C@@]3(C)C[C@@H](OC(C)=O)[C@H]1C2(C)C. The molecule has 2 saturated carbocycles. The molecule has 4 aliphatic rings. The summed E-state index contributed by atoms with van der Waals surface area (Å²) in [6.07, 6.45) is 3.85. The minimum atomic E-state index is -0.391. The highest BCUT2D eigenvalue weighted by Gasteiger charge is 2.62. The quantitative estimate of drug-likeness (QED) is 0.397. The highest BCUT2D eigenvalue weighted by molar-refractivity contribution is 5.96. The third-order valence-electron chi connectivity index (χ3n) is 7.79. The normalized spacial score (nSPS) is 48.4. The summed E-state index contributed by atoms with van der Waals surface area (Å²) < 4.78 is 17.9. The van der Waals surface area contributed by atoms with Crippen LogP contribution < -0.4 is 0 Å². The first-order valence-corrected chi connectivity index (χ1v) is 10.2. The number of ketones is 1. The topological polar surface area (TPSA) is 68.4 Å². The maximum absolute atomic E-state index is 12.8. The molecule has 0 aromatic carbocycles. The molecule has 7 atom stereocenters. The van der Waals surface area contributed by atoms with Crippen LogP contribution in [0.5, 0.6) is 0 Å². The van der Waals surface area contributed by atoms with Crippen LogP contribution in [-0.4, -0.2) is 41.3 Å². The number of fused-ring (bicyclic) bond motifs is 4. The monoisotopic (exact) mass is 376 g/mol. The smallest absolute Gasteiger partial charge is 0.302 e. The average Bonchev–Trinajstić information content (AvgIpc) is 3.38. The maximum Gasteiger partial charge on any atom is 0.302 e. The van der Waals surface area contributed by atoms with Gasteiger partial charge in [0.1, 0.15) is 6.10 Å². The Kier molecular flexibility index (Phi) is 4.18. The molecule has 150 valence electrons. The van der Waals surface area contributed by atoms with E-state index in [9.17, 15) is 9.59 Å². The van der Waals surface area contributed by atoms with Crippen molar-refractivity contribution < 1.29 is 23.8 Å². The standard InChI is InChI=1S/C22H32O5/c1-12-15(24)9-14-10-18-21(5,27-18)8-7-17-22(6,26-17)11-16(25-13(2)23)19(12)20(14,3)4/h14,16-19H,1,7-11H2,2-6H3/t14-,16+,17+,18+,19-,21-,22-/m0/s1. The van der Waals surface area contributed by atoms with Crippen molar-refractivity contribution in [3.8, 4) is 0 Å². The summed E-state index contributed by atoms with van der Waals surface area (Å²) in [5.74, 6) is -0.226. The van der Waals surface area contributed by atoms with Crippen molar-refractivity contribution in [1.82, 2.24) is 0 Å². The van der Waals surface area contributed by atoms with Crippen LogP contribution in [0.3, 0.4) is 0 Å². The van der Waals surface area contributed by atoms with Crippen LogP contribution in [0.25, 0.3) is 0 Å². The van der Waals surface area contributed by atoms with Gasteiger partial charge in [-0.25, -0.2) is 0 Å². The largest absolute Gasteiger partial charge is 0.462 e. The van der Waals surface area contributed by atoms with Crippen molar-refractivity contribution >= 4 is 11.8 Å². The summed E-state index contributed by atoms with van der Waals surface area (Å²) in [6.45, 7) is 14.2. The van der Waals surface area contributed by atoms with Gasteiger partial charge in [-0.15, -0.1) is 0 Å². The predicted octanol–water partition coefficient (Wildman–Crippen LogP) is 3.59. The van der Waals surface area contributed by atoms with Gasteiger partial charge in [-0.2, -0.15) is 0 Å². The fraction of sp³-hybridized carbons (Fsp3) is 0.818. The van der Waals surface area contributed by atoms with Gasteiger partial charge < -0.3 is 14.2 Å². The van der Waals surface area contributed by atoms with E-state index in [4.69, 9.17) is 14.2 Å². The molecule has 4 rings (SSSR count). The molecule has 0 N–H and O–H groups in total. The van der Waals surface area contributed by atoms with Gasteiger partial charge >= 0.3 is 5.97 Å². The lowest BCUT2D eigenvalue weighted by atomic mass is 9.56. The number of ether oxygens (including phenoxy) is 3. The number of carbonyl (C=O) groups excluding carboxylic acids is 2. The fourth-order valence-corrected chi connectivity index (χ4v) is 5.74. The van der Waals surface area contributed by atoms with Crippen LogP contribution in [0.15, 0.2) is 12.2 Å². The van der Waals surface area contributed by atoms with E-state index >= 15 is 0 Å². The van der Waals surface area contributed by atoms with E-state index in [0.29, 0.717) is 18.4 Å². The molecule has 0 aromatic rings. The Morgan fingerprint density at radius 3 is 2.48 bits per heavy atom. The van der Waals surface area contributed by atoms with Crippen LogP contribution >= 0.6 is 0 Å². The van der Waals surface area contributed by atoms with Gasteiger partial charge in [0, 0.05) is 25.7 Å². The first-order valence-electron chi connectivity index (χ1n) is 10.2. The van der Waals surface area contributed by atoms with E-state index in [-0.39, 0.29) is 52.4 Å². The van der Waals surface area contributed by atoms with Crippen molar-refractivity contribution in [3.63, 3.8) is 0 Å². The number of hydrogen-bond acceptors (Lipinski definition) is 5. The summed E-state index contributed by atoms with van der Waals surface area (Å²) >= 11 is 0. The van der Waals surface area contributed by atoms with Crippen molar-refractivity contribution in [2.75, 3.05) is 0 Å². The lowest BCUT2D eigenvalue weighted by Gasteiger charge is -2.48. The van der Waals surface area contributed by atoms with Gasteiger partial charge in [0.05, 0.1) is 23.4 Å². The molecule has 2 heterocycles. The molecule has 2 bridgehead atoms. The van der Waals surface area contributed by atoms with Gasteiger partial charge in [-0.05, 0) is 50.0 Å². The Labute approximate surface area is 161 Å². The molecule has 5 heteroatoms. The predicted molar refractivity (Wildman–Crippen MR) is 100 cm³/mol. The van der Waals surface area contributed by atoms with Crippen molar-refractivity contribution in [2.45, 2.75) is 96.2 Å². The van der Waals surface area contributed by atoms with Crippen molar-refractivity contribution in [2.24, 2.45) is 17.3 Å². The third-order valence-corrected chi connectivity index (χ3v) is 7.79. The Morgan fingerprint density at radius 2 is 1.81 bits per heavy atom. The lowest BCUT2D eigenvalue weighted by Crippen LogP contribution is -2.49. The summed E-state index contributed by atoms with van der Waals surface area (Å²) in [5.41, 5.74) is -0.0192. The molecular formula is C22H32O5. The summed E-state index contributed by atoms with van der Waals surface area (Å²) in [6, 6.07) is 0. The van der Waals surface area contributed by atoms with Crippen LogP contribution in [0.4, 0.5) is 0 Å². The Hall–Kier alpha value is -1.20. The second-order valence-corrected chi connectivity index (χ2v) is 10.1. The third kappa shape index (κ3) is 3.17. The molecule has 0 aromatic heterocycles. The molecule has 4 fully saturated rings. The Morgan fingerprint density at radius 1 is 1.15 bits per heavy atom. The van der Waals surface area contributed by atoms with Crippen LogP contribution in [0, 0.1) is 17.3 Å². The van der Waals surface area contributed by atoms with E-state index < -0.39 is 6.10 Å². The van der Waals surface area contributed by atoms with Crippen molar-refractivity contribution in [3.05, 3.63) is 12.2 Å². The number of esters is 1. The maximum atomic E-state index is 12.8. The minimum Gasteiger partial charge on any atom is -0.462 e. The molecule has 0 unspecified atom stereocenters. The molecule has 0 radical (unpaired) electrons. The van der Waals surface area contributed by atoms with Crippen LogP contribution in [0.2, 0.25) is 0 Å². The first-order chi connectivity index (χ1) is 12.5. The van der Waals surface area contributed by atoms with Gasteiger partial charge in [-0.3, -0.25) is 9.59 Å².